The van der Waals surface area contributed by atoms with Crippen molar-refractivity contribution in [2.75, 3.05) is 14.1 Å². The number of carbonyl (C=O) groups excluding carboxylic acids is 1. The van der Waals surface area contributed by atoms with E-state index in [1.54, 1.807) is 19.0 Å². The van der Waals surface area contributed by atoms with E-state index in [-0.39, 0.29) is 5.82 Å². The van der Waals surface area contributed by atoms with Gasteiger partial charge in [0.05, 0.1) is 12.5 Å². The second kappa shape index (κ2) is 4.65. The van der Waals surface area contributed by atoms with Gasteiger partial charge in [-0.1, -0.05) is 0 Å². The number of hydrogen-bond acceptors (Lipinski definition) is 4. The summed E-state index contributed by atoms with van der Waals surface area (Å²) in [7, 11) is 3.39. The lowest BCUT2D eigenvalue weighted by atomic mass is 10.5. The first-order valence-corrected chi connectivity index (χ1v) is 4.42. The Bertz CT molecular complexity index is 493. The molecule has 1 rings (SSSR count). The van der Waals surface area contributed by atoms with Crippen molar-refractivity contribution < 1.29 is 9.18 Å². The van der Waals surface area contributed by atoms with Crippen molar-refractivity contribution >= 4 is 18.1 Å². The van der Waals surface area contributed by atoms with E-state index >= 15 is 0 Å². The number of nitrogens with zero attached hydrogens (tertiary/aromatic N) is 4. The molecule has 1 heterocycles. The summed E-state index contributed by atoms with van der Waals surface area (Å²) in [5.41, 5.74) is -0.847. The molecule has 0 aliphatic heterocycles. The number of hydrogen-bond donors (Lipinski definition) is 0. The summed E-state index contributed by atoms with van der Waals surface area (Å²) in [5.74, 6) is -1.76. The maximum absolute atomic E-state index is 13.3. The highest BCUT2D eigenvalue weighted by molar-refractivity contribution is 5.75. The van der Waals surface area contributed by atoms with Gasteiger partial charge in [0, 0.05) is 21.0 Å². The molecule has 0 spiro atoms. The smallest absolute Gasteiger partial charge is 0.356 e. The van der Waals surface area contributed by atoms with Crippen LogP contribution in [0.1, 0.15) is 11.7 Å². The third-order valence-corrected chi connectivity index (χ3v) is 1.61. The highest BCUT2D eigenvalue weighted by Crippen LogP contribution is 2.09. The van der Waals surface area contributed by atoms with Gasteiger partial charge in [-0.2, -0.15) is 4.98 Å². The molecule has 0 unspecified atom stereocenters. The minimum absolute atomic E-state index is 0.337. The topological polar surface area (TPSA) is 67.6 Å². The Morgan fingerprint density at radius 3 is 2.75 bits per heavy atom. The molecule has 7 heteroatoms. The zero-order valence-corrected chi connectivity index (χ0v) is 9.14. The van der Waals surface area contributed by atoms with Crippen LogP contribution in [-0.4, -0.2) is 40.8 Å². The molecular weight excluding hydrogens is 215 g/mol. The Kier molecular flexibility index (Phi) is 3.49. The van der Waals surface area contributed by atoms with Crippen molar-refractivity contribution in [2.45, 2.75) is 6.92 Å². The van der Waals surface area contributed by atoms with Gasteiger partial charge >= 0.3 is 5.69 Å². The summed E-state index contributed by atoms with van der Waals surface area (Å²) in [5, 5.41) is 0. The highest BCUT2D eigenvalue weighted by atomic mass is 19.1. The second-order valence-corrected chi connectivity index (χ2v) is 3.29. The zero-order chi connectivity index (χ0) is 12.3. The molecule has 0 aromatic carbocycles. The molecular formula is C9H11FN4O2. The zero-order valence-electron chi connectivity index (χ0n) is 9.14. The summed E-state index contributed by atoms with van der Waals surface area (Å²) in [6.45, 7) is 1.14. The van der Waals surface area contributed by atoms with Crippen LogP contribution in [0.2, 0.25) is 0 Å². The number of halogens is 1. The van der Waals surface area contributed by atoms with Crippen molar-refractivity contribution in [2.24, 2.45) is 4.99 Å². The Morgan fingerprint density at radius 2 is 2.25 bits per heavy atom. The molecule has 0 N–H and O–H groups in total. The van der Waals surface area contributed by atoms with E-state index in [4.69, 9.17) is 0 Å². The predicted molar refractivity (Wildman–Crippen MR) is 56.6 cm³/mol. The maximum atomic E-state index is 13.3. The first-order valence-electron chi connectivity index (χ1n) is 4.42. The van der Waals surface area contributed by atoms with E-state index in [0.29, 0.717) is 4.57 Å². The molecule has 16 heavy (non-hydrogen) atoms. The second-order valence-electron chi connectivity index (χ2n) is 3.29. The Morgan fingerprint density at radius 1 is 1.62 bits per heavy atom. The van der Waals surface area contributed by atoms with E-state index in [2.05, 4.69) is 9.98 Å². The lowest BCUT2D eigenvalue weighted by Gasteiger charge is -2.03. The van der Waals surface area contributed by atoms with Gasteiger partial charge in [-0.25, -0.2) is 18.7 Å². The van der Waals surface area contributed by atoms with Gasteiger partial charge in [-0.3, -0.25) is 4.79 Å². The molecule has 1 aromatic heterocycles. The van der Waals surface area contributed by atoms with Crippen LogP contribution in [0.25, 0.3) is 0 Å². The fourth-order valence-electron chi connectivity index (χ4n) is 0.910. The van der Waals surface area contributed by atoms with Gasteiger partial charge in [0.1, 0.15) is 0 Å². The Balaban J connectivity index is 3.21. The summed E-state index contributed by atoms with van der Waals surface area (Å²) in [6, 6.07) is 0. The van der Waals surface area contributed by atoms with E-state index in [0.717, 1.165) is 13.1 Å². The fraction of sp³-hybridized carbons (Fsp3) is 0.333. The highest BCUT2D eigenvalue weighted by Gasteiger charge is 2.09. The molecule has 0 amide bonds. The van der Waals surface area contributed by atoms with Gasteiger partial charge in [0.2, 0.25) is 5.91 Å². The first kappa shape index (κ1) is 12.0. The monoisotopic (exact) mass is 226 g/mol. The van der Waals surface area contributed by atoms with Crippen molar-refractivity contribution in [3.8, 4) is 0 Å². The SMILES string of the molecule is CC(=O)n1cc(F)c(/N=C\N(C)C)nc1=O. The third kappa shape index (κ3) is 2.72. The van der Waals surface area contributed by atoms with Crippen LogP contribution >= 0.6 is 0 Å². The molecule has 1 aromatic rings. The molecule has 0 aliphatic rings. The summed E-state index contributed by atoms with van der Waals surface area (Å²) in [6.07, 6.45) is 2.09. The van der Waals surface area contributed by atoms with Crippen molar-refractivity contribution in [1.29, 1.82) is 0 Å². The lowest BCUT2D eigenvalue weighted by Crippen LogP contribution is -2.27. The molecule has 0 radical (unpaired) electrons. The van der Waals surface area contributed by atoms with Gasteiger partial charge in [-0.15, -0.1) is 0 Å². The largest absolute Gasteiger partial charge is 0.369 e. The van der Waals surface area contributed by atoms with Crippen LogP contribution in [0.5, 0.6) is 0 Å². The lowest BCUT2D eigenvalue weighted by molar-refractivity contribution is 0.0929. The van der Waals surface area contributed by atoms with E-state index in [1.807, 2.05) is 0 Å². The first-order chi connectivity index (χ1) is 7.41. The molecule has 0 fully saturated rings. The molecule has 0 aliphatic carbocycles. The molecule has 0 bridgehead atoms. The van der Waals surface area contributed by atoms with Crippen LogP contribution in [-0.2, 0) is 0 Å². The number of aromatic nitrogens is 2. The fourth-order valence-corrected chi connectivity index (χ4v) is 0.910. The standard InChI is InChI=1S/C9H11FN4O2/c1-6(15)14-4-7(10)8(12-9(14)16)11-5-13(2)3/h4-5H,1-3H3/b11-5-. The van der Waals surface area contributed by atoms with Gasteiger partial charge in [0.15, 0.2) is 11.6 Å². The molecule has 86 valence electrons. The Hall–Kier alpha value is -2.05. The van der Waals surface area contributed by atoms with Crippen LogP contribution < -0.4 is 5.69 Å². The average molecular weight is 226 g/mol. The van der Waals surface area contributed by atoms with Gasteiger partial charge in [-0.05, 0) is 0 Å². The molecule has 0 atom stereocenters. The summed E-state index contributed by atoms with van der Waals surface area (Å²) >= 11 is 0. The van der Waals surface area contributed by atoms with Crippen LogP contribution in [0.3, 0.4) is 0 Å². The Labute approximate surface area is 91.0 Å². The molecule has 0 saturated heterocycles. The number of carbonyl (C=O) groups is 1. The molecule has 0 saturated carbocycles. The third-order valence-electron chi connectivity index (χ3n) is 1.61. The summed E-state index contributed by atoms with van der Waals surface area (Å²) in [4.78, 5) is 30.7. The number of aliphatic imine (C=N–C) groups is 1. The van der Waals surface area contributed by atoms with Crippen molar-refractivity contribution in [3.63, 3.8) is 0 Å². The average Bonchev–Trinajstić information content (AvgIpc) is 2.18. The van der Waals surface area contributed by atoms with Gasteiger partial charge in [0.25, 0.3) is 0 Å². The predicted octanol–water partition coefficient (Wildman–Crippen LogP) is 0.264. The normalized spacial score (nSPS) is 10.8. The number of rotatable bonds is 2. The minimum Gasteiger partial charge on any atom is -0.369 e. The van der Waals surface area contributed by atoms with E-state index < -0.39 is 17.4 Å². The van der Waals surface area contributed by atoms with Crippen LogP contribution in [0, 0.1) is 5.82 Å². The van der Waals surface area contributed by atoms with Crippen molar-refractivity contribution in [3.05, 3.63) is 22.5 Å². The van der Waals surface area contributed by atoms with Gasteiger partial charge < -0.3 is 4.90 Å². The van der Waals surface area contributed by atoms with Crippen LogP contribution in [0.4, 0.5) is 10.2 Å². The quantitative estimate of drug-likeness (QED) is 0.536. The summed E-state index contributed by atoms with van der Waals surface area (Å²) < 4.78 is 13.9. The van der Waals surface area contributed by atoms with Crippen molar-refractivity contribution in [1.82, 2.24) is 14.5 Å². The van der Waals surface area contributed by atoms with E-state index in [1.165, 1.54) is 6.34 Å². The van der Waals surface area contributed by atoms with E-state index in [9.17, 15) is 14.0 Å². The molecule has 6 nitrogen and oxygen atoms in total. The maximum Gasteiger partial charge on any atom is 0.356 e. The van der Waals surface area contributed by atoms with Crippen LogP contribution in [0.15, 0.2) is 16.0 Å². The minimum atomic E-state index is -0.847.